The van der Waals surface area contributed by atoms with Crippen molar-refractivity contribution in [3.8, 4) is 5.75 Å². The minimum Gasteiger partial charge on any atom is -0.497 e. The van der Waals surface area contributed by atoms with E-state index in [1.54, 1.807) is 6.07 Å². The first kappa shape index (κ1) is 16.7. The summed E-state index contributed by atoms with van der Waals surface area (Å²) >= 11 is 1.09. The Morgan fingerprint density at radius 1 is 1.04 bits per heavy atom. The molecule has 3 aromatic carbocycles. The van der Waals surface area contributed by atoms with Crippen molar-refractivity contribution in [2.45, 2.75) is 4.90 Å². The van der Waals surface area contributed by atoms with Crippen molar-refractivity contribution < 1.29 is 9.53 Å². The van der Waals surface area contributed by atoms with Crippen LogP contribution in [-0.2, 0) is 0 Å². The Bertz CT molecular complexity index is 1070. The molecule has 7 nitrogen and oxygen atoms in total. The van der Waals surface area contributed by atoms with E-state index in [0.29, 0.717) is 5.75 Å². The number of hydrogen-bond donors (Lipinski definition) is 2. The highest BCUT2D eigenvalue weighted by Gasteiger charge is 2.12. The van der Waals surface area contributed by atoms with E-state index in [9.17, 15) is 14.4 Å². The molecule has 0 saturated heterocycles. The molecule has 0 aliphatic carbocycles. The molecule has 3 rings (SSSR count). The molecule has 0 fully saturated rings. The lowest BCUT2D eigenvalue weighted by molar-refractivity contribution is 0.246. The van der Waals surface area contributed by atoms with E-state index < -0.39 is 16.9 Å². The van der Waals surface area contributed by atoms with Gasteiger partial charge in [-0.1, -0.05) is 18.2 Å². The number of nitrogens with zero attached hydrogens (tertiary/aromatic N) is 1. The van der Waals surface area contributed by atoms with E-state index in [-0.39, 0.29) is 16.1 Å². The van der Waals surface area contributed by atoms with Crippen LogP contribution in [0.15, 0.2) is 68.1 Å². The van der Waals surface area contributed by atoms with E-state index in [4.69, 9.17) is 4.74 Å². The van der Waals surface area contributed by atoms with Crippen LogP contribution in [0.25, 0.3) is 10.8 Å². The van der Waals surface area contributed by atoms with Gasteiger partial charge in [0, 0.05) is 15.7 Å². The summed E-state index contributed by atoms with van der Waals surface area (Å²) in [6.45, 7) is 0. The van der Waals surface area contributed by atoms with Crippen molar-refractivity contribution in [2.75, 3.05) is 7.11 Å². The Morgan fingerprint density at radius 2 is 1.76 bits per heavy atom. The van der Waals surface area contributed by atoms with Gasteiger partial charge in [-0.2, -0.15) is 5.10 Å². The highest BCUT2D eigenvalue weighted by molar-refractivity contribution is 7.98. The van der Waals surface area contributed by atoms with Crippen molar-refractivity contribution in [1.29, 1.82) is 0 Å². The van der Waals surface area contributed by atoms with Gasteiger partial charge >= 0.3 is 6.03 Å². The van der Waals surface area contributed by atoms with Crippen molar-refractivity contribution >= 4 is 28.8 Å². The van der Waals surface area contributed by atoms with Crippen LogP contribution in [-0.4, -0.2) is 13.1 Å². The summed E-state index contributed by atoms with van der Waals surface area (Å²) in [6, 6.07) is 13.1. The molecule has 3 aromatic rings. The number of methoxy groups -OCH3 is 1. The third kappa shape index (κ3) is 3.53. The maximum absolute atomic E-state index is 12.3. The van der Waals surface area contributed by atoms with Gasteiger partial charge in [-0.15, -0.1) is 0 Å². The van der Waals surface area contributed by atoms with Gasteiger partial charge in [0.05, 0.1) is 7.11 Å². The first-order valence-corrected chi connectivity index (χ1v) is 8.05. The van der Waals surface area contributed by atoms with Crippen molar-refractivity contribution in [2.24, 2.45) is 5.10 Å². The molecule has 2 N–H and O–H groups in total. The van der Waals surface area contributed by atoms with Crippen LogP contribution in [0.5, 0.6) is 5.75 Å². The molecule has 8 heteroatoms. The molecule has 0 spiro atoms. The minimum atomic E-state index is -0.643. The highest BCUT2D eigenvalue weighted by Crippen LogP contribution is 2.14. The number of carbonyl (C=O) groups excluding carboxylic acids is 1. The lowest BCUT2D eigenvalue weighted by atomic mass is 10.2. The van der Waals surface area contributed by atoms with E-state index in [1.807, 2.05) is 30.3 Å². The number of ether oxygens (including phenoxy) is 1. The molecule has 126 valence electrons. The Hall–Kier alpha value is -3.13. The Labute approximate surface area is 146 Å². The second kappa shape index (κ2) is 7.18. The van der Waals surface area contributed by atoms with Crippen molar-refractivity contribution in [1.82, 2.24) is 10.1 Å². The summed E-state index contributed by atoms with van der Waals surface area (Å²) in [7, 11) is 1.47. The Kier molecular flexibility index (Phi) is 4.80. The van der Waals surface area contributed by atoms with Gasteiger partial charge in [0.25, 0.3) is 0 Å². The van der Waals surface area contributed by atoms with E-state index >= 15 is 0 Å². The van der Waals surface area contributed by atoms with Gasteiger partial charge in [-0.05, 0) is 42.3 Å². The molecule has 0 aliphatic heterocycles. The monoisotopic (exact) mass is 355 g/mol. The SMILES string of the molecule is COc1ccc2c(=O)/c(=N\NC(=O)NSc3ccccc3)c(=O)c2c1. The highest BCUT2D eigenvalue weighted by atomic mass is 32.2. The number of nitrogens with one attached hydrogen (secondary N) is 2. The van der Waals surface area contributed by atoms with Crippen LogP contribution in [0, 0.1) is 0 Å². The second-order valence-corrected chi connectivity index (χ2v) is 5.87. The van der Waals surface area contributed by atoms with Crippen LogP contribution in [0.4, 0.5) is 4.79 Å². The van der Waals surface area contributed by atoms with E-state index in [0.717, 1.165) is 16.8 Å². The zero-order valence-corrected chi connectivity index (χ0v) is 13.9. The van der Waals surface area contributed by atoms with E-state index in [2.05, 4.69) is 15.2 Å². The number of carbonyl (C=O) groups is 1. The minimum absolute atomic E-state index is 0.212. The fourth-order valence-corrected chi connectivity index (χ4v) is 2.77. The first-order valence-electron chi connectivity index (χ1n) is 7.23. The average Bonchev–Trinajstić information content (AvgIpc) is 2.89. The number of benzene rings is 2. The standard InChI is InChI=1S/C17H13N3O4S/c1-24-10-7-8-12-13(9-10)16(22)14(15(12)21)18-19-17(23)20-25-11-5-3-2-4-6-11/h2-9H,1H3,(H2,19,20,23)/b18-14+. The van der Waals surface area contributed by atoms with Crippen molar-refractivity contribution in [3.63, 3.8) is 0 Å². The molecule has 25 heavy (non-hydrogen) atoms. The molecule has 0 atom stereocenters. The summed E-state index contributed by atoms with van der Waals surface area (Å²) in [5.41, 5.74) is 1.09. The van der Waals surface area contributed by atoms with Crippen LogP contribution in [0.2, 0.25) is 0 Å². The van der Waals surface area contributed by atoms with Crippen LogP contribution < -0.4 is 31.1 Å². The summed E-state index contributed by atoms with van der Waals surface area (Å²) in [5, 5.41) is 3.79. The summed E-state index contributed by atoms with van der Waals surface area (Å²) < 4.78 is 7.55. The maximum Gasteiger partial charge on any atom is 0.345 e. The van der Waals surface area contributed by atoms with Gasteiger partial charge in [0.1, 0.15) is 5.75 Å². The third-order valence-corrected chi connectivity index (χ3v) is 4.22. The number of fused-ring (bicyclic) bond motifs is 1. The average molecular weight is 355 g/mol. The second-order valence-electron chi connectivity index (χ2n) is 4.99. The van der Waals surface area contributed by atoms with Gasteiger partial charge < -0.3 is 4.74 Å². The first-order chi connectivity index (χ1) is 12.1. The molecule has 0 aliphatic rings. The van der Waals surface area contributed by atoms with Crippen LogP contribution in [0.1, 0.15) is 0 Å². The fourth-order valence-electron chi connectivity index (χ4n) is 2.22. The molecule has 0 aromatic heterocycles. The molecule has 0 bridgehead atoms. The predicted molar refractivity (Wildman–Crippen MR) is 94.9 cm³/mol. The van der Waals surface area contributed by atoms with Gasteiger partial charge in [-0.3, -0.25) is 14.3 Å². The zero-order chi connectivity index (χ0) is 17.8. The quantitative estimate of drug-likeness (QED) is 0.543. The summed E-state index contributed by atoms with van der Waals surface area (Å²) in [4.78, 5) is 37.1. The Balaban J connectivity index is 1.80. The molecule has 0 radical (unpaired) electrons. The van der Waals surface area contributed by atoms with Gasteiger partial charge in [0.2, 0.25) is 10.9 Å². The number of amides is 2. The molecule has 0 unspecified atom stereocenters. The van der Waals surface area contributed by atoms with E-state index in [1.165, 1.54) is 19.2 Å². The molecular weight excluding hydrogens is 342 g/mol. The predicted octanol–water partition coefficient (Wildman–Crippen LogP) is 1.27. The molecule has 0 saturated carbocycles. The van der Waals surface area contributed by atoms with Gasteiger partial charge in [-0.25, -0.2) is 10.2 Å². The topological polar surface area (TPSA) is 96.9 Å². The largest absolute Gasteiger partial charge is 0.497 e. The number of hydrogen-bond acceptors (Lipinski definition) is 6. The molecule has 0 heterocycles. The molecular formula is C17H13N3O4S. The maximum atomic E-state index is 12.3. The third-order valence-electron chi connectivity index (χ3n) is 3.42. The molecule has 2 amide bonds. The zero-order valence-electron chi connectivity index (χ0n) is 13.1. The summed E-state index contributed by atoms with van der Waals surface area (Å²) in [5.74, 6) is 0.464. The Morgan fingerprint density at radius 3 is 2.48 bits per heavy atom. The number of rotatable bonds is 4. The summed E-state index contributed by atoms with van der Waals surface area (Å²) in [6.07, 6.45) is 0. The smallest absolute Gasteiger partial charge is 0.345 e. The lowest BCUT2D eigenvalue weighted by Crippen LogP contribution is -2.37. The fraction of sp³-hybridized carbons (Fsp3) is 0.0588. The van der Waals surface area contributed by atoms with Crippen LogP contribution in [0.3, 0.4) is 0 Å². The normalized spacial score (nSPS) is 11.5. The van der Waals surface area contributed by atoms with Crippen LogP contribution >= 0.6 is 11.9 Å². The lowest BCUT2D eigenvalue weighted by Gasteiger charge is -2.02. The number of urea groups is 1. The van der Waals surface area contributed by atoms with Crippen molar-refractivity contribution in [3.05, 3.63) is 74.3 Å². The van der Waals surface area contributed by atoms with Gasteiger partial charge in [0.15, 0.2) is 5.36 Å².